The number of halogens is 1. The first-order chi connectivity index (χ1) is 9.62. The van der Waals surface area contributed by atoms with Crippen LogP contribution in [-0.4, -0.2) is 37.6 Å². The molecule has 0 aliphatic heterocycles. The first-order valence-corrected chi connectivity index (χ1v) is 7.13. The van der Waals surface area contributed by atoms with E-state index in [9.17, 15) is 4.79 Å². The maximum absolute atomic E-state index is 12.0. The quantitative estimate of drug-likeness (QED) is 0.829. The van der Waals surface area contributed by atoms with E-state index in [1.807, 2.05) is 31.2 Å². The van der Waals surface area contributed by atoms with E-state index >= 15 is 0 Å². The highest BCUT2D eigenvalue weighted by Gasteiger charge is 2.12. The van der Waals surface area contributed by atoms with Gasteiger partial charge in [-0.25, -0.2) is 0 Å². The minimum atomic E-state index is -0.0372. The zero-order chi connectivity index (χ0) is 15.0. The second-order valence-electron chi connectivity index (χ2n) is 4.08. The number of ether oxygens (including phenoxy) is 1. The molecule has 1 aromatic carbocycles. The van der Waals surface area contributed by atoms with Crippen LogP contribution >= 0.6 is 15.9 Å². The van der Waals surface area contributed by atoms with Gasteiger partial charge in [-0.15, -0.1) is 0 Å². The van der Waals surface area contributed by atoms with Crippen molar-refractivity contribution in [3.05, 3.63) is 22.7 Å². The summed E-state index contributed by atoms with van der Waals surface area (Å²) in [5.74, 6) is 0.644. The molecule has 0 saturated carbocycles. The molecule has 108 valence electrons. The molecule has 0 heterocycles. The Morgan fingerprint density at radius 1 is 1.55 bits per heavy atom. The predicted molar refractivity (Wildman–Crippen MR) is 81.7 cm³/mol. The normalized spacial score (nSPS) is 9.70. The van der Waals surface area contributed by atoms with Gasteiger partial charge in [-0.3, -0.25) is 4.79 Å². The largest absolute Gasteiger partial charge is 0.495 e. The number of hydrogen-bond donors (Lipinski definition) is 1. The fraction of sp³-hybridized carbons (Fsp3) is 0.429. The summed E-state index contributed by atoms with van der Waals surface area (Å²) < 4.78 is 6.14. The number of hydrogen-bond acceptors (Lipinski definition) is 4. The van der Waals surface area contributed by atoms with Crippen molar-refractivity contribution in [3.63, 3.8) is 0 Å². The van der Waals surface area contributed by atoms with Gasteiger partial charge < -0.3 is 15.0 Å². The van der Waals surface area contributed by atoms with Crippen LogP contribution in [0.4, 0.5) is 5.69 Å². The van der Waals surface area contributed by atoms with Crippen molar-refractivity contribution < 1.29 is 9.53 Å². The summed E-state index contributed by atoms with van der Waals surface area (Å²) in [4.78, 5) is 13.7. The molecule has 0 saturated heterocycles. The van der Waals surface area contributed by atoms with Crippen LogP contribution in [0.15, 0.2) is 22.7 Å². The van der Waals surface area contributed by atoms with Gasteiger partial charge in [-0.05, 0) is 25.1 Å². The van der Waals surface area contributed by atoms with Crippen molar-refractivity contribution in [3.8, 4) is 11.8 Å². The van der Waals surface area contributed by atoms with Crippen LogP contribution in [-0.2, 0) is 4.79 Å². The highest BCUT2D eigenvalue weighted by atomic mass is 79.9. The maximum atomic E-state index is 12.0. The Labute approximate surface area is 127 Å². The fourth-order valence-corrected chi connectivity index (χ4v) is 2.11. The van der Waals surface area contributed by atoms with E-state index in [0.717, 1.165) is 10.2 Å². The number of amides is 1. The summed E-state index contributed by atoms with van der Waals surface area (Å²) in [6.07, 6.45) is 0.347. The summed E-state index contributed by atoms with van der Waals surface area (Å²) in [5.41, 5.74) is 0.756. The van der Waals surface area contributed by atoms with Crippen molar-refractivity contribution >= 4 is 27.5 Å². The number of nitriles is 1. The number of nitrogens with zero attached hydrogens (tertiary/aromatic N) is 2. The Kier molecular flexibility index (Phi) is 6.88. The summed E-state index contributed by atoms with van der Waals surface area (Å²) >= 11 is 3.38. The van der Waals surface area contributed by atoms with Crippen molar-refractivity contribution in [2.24, 2.45) is 0 Å². The van der Waals surface area contributed by atoms with Crippen molar-refractivity contribution in [2.75, 3.05) is 32.1 Å². The van der Waals surface area contributed by atoms with E-state index in [-0.39, 0.29) is 12.5 Å². The van der Waals surface area contributed by atoms with E-state index in [1.54, 1.807) is 12.0 Å². The van der Waals surface area contributed by atoms with Crippen LogP contribution in [0.2, 0.25) is 0 Å². The Morgan fingerprint density at radius 3 is 2.90 bits per heavy atom. The van der Waals surface area contributed by atoms with Gasteiger partial charge in [0, 0.05) is 17.6 Å². The lowest BCUT2D eigenvalue weighted by Gasteiger charge is -2.20. The number of carbonyl (C=O) groups excluding carboxylic acids is 1. The molecule has 0 aliphatic carbocycles. The third-order valence-corrected chi connectivity index (χ3v) is 3.31. The highest BCUT2D eigenvalue weighted by molar-refractivity contribution is 9.10. The molecule has 0 unspecified atom stereocenters. The van der Waals surface area contributed by atoms with Gasteiger partial charge >= 0.3 is 0 Å². The first-order valence-electron chi connectivity index (χ1n) is 6.34. The topological polar surface area (TPSA) is 65.4 Å². The molecule has 0 aromatic heterocycles. The molecular formula is C14H18BrN3O2. The van der Waals surface area contributed by atoms with Crippen molar-refractivity contribution in [2.45, 2.75) is 13.3 Å². The van der Waals surface area contributed by atoms with Crippen molar-refractivity contribution in [1.82, 2.24) is 4.90 Å². The van der Waals surface area contributed by atoms with Gasteiger partial charge in [0.05, 0.1) is 31.8 Å². The lowest BCUT2D eigenvalue weighted by atomic mass is 10.3. The smallest absolute Gasteiger partial charge is 0.241 e. The third kappa shape index (κ3) is 4.74. The number of methoxy groups -OCH3 is 1. The monoisotopic (exact) mass is 339 g/mol. The standard InChI is InChI=1S/C14H18BrN3O2/c1-3-18(8-4-7-16)14(19)10-17-12-9-11(15)5-6-13(12)20-2/h5-6,9,17H,3-4,8,10H2,1-2H3. The Hall–Kier alpha value is -1.74. The summed E-state index contributed by atoms with van der Waals surface area (Å²) in [5, 5.41) is 11.6. The minimum Gasteiger partial charge on any atom is -0.495 e. The second-order valence-corrected chi connectivity index (χ2v) is 5.00. The molecule has 20 heavy (non-hydrogen) atoms. The van der Waals surface area contributed by atoms with E-state index < -0.39 is 0 Å². The van der Waals surface area contributed by atoms with Crippen LogP contribution in [0, 0.1) is 11.3 Å². The summed E-state index contributed by atoms with van der Waals surface area (Å²) in [6, 6.07) is 7.60. The van der Waals surface area contributed by atoms with Crippen LogP contribution in [0.25, 0.3) is 0 Å². The maximum Gasteiger partial charge on any atom is 0.241 e. The predicted octanol–water partition coefficient (Wildman–Crippen LogP) is 2.63. The zero-order valence-electron chi connectivity index (χ0n) is 11.6. The Bertz CT molecular complexity index is 500. The molecule has 5 nitrogen and oxygen atoms in total. The Morgan fingerprint density at radius 2 is 2.30 bits per heavy atom. The van der Waals surface area contributed by atoms with Crippen LogP contribution in [0.1, 0.15) is 13.3 Å². The molecular weight excluding hydrogens is 322 g/mol. The third-order valence-electron chi connectivity index (χ3n) is 2.82. The zero-order valence-corrected chi connectivity index (χ0v) is 13.2. The molecule has 1 N–H and O–H groups in total. The lowest BCUT2D eigenvalue weighted by molar-refractivity contribution is -0.129. The van der Waals surface area contributed by atoms with Crippen LogP contribution < -0.4 is 10.1 Å². The number of likely N-dealkylation sites (N-methyl/N-ethyl adjacent to an activating group) is 1. The molecule has 0 fully saturated rings. The molecule has 1 aromatic rings. The van der Waals surface area contributed by atoms with Gasteiger partial charge in [0.25, 0.3) is 0 Å². The molecule has 1 amide bonds. The fourth-order valence-electron chi connectivity index (χ4n) is 1.75. The number of rotatable bonds is 7. The summed E-state index contributed by atoms with van der Waals surface area (Å²) in [7, 11) is 1.58. The molecule has 6 heteroatoms. The number of anilines is 1. The van der Waals surface area contributed by atoms with E-state index in [0.29, 0.717) is 25.3 Å². The SMILES string of the molecule is CCN(CCC#N)C(=O)CNc1cc(Br)ccc1OC. The van der Waals surface area contributed by atoms with Crippen LogP contribution in [0.5, 0.6) is 5.75 Å². The number of nitrogens with one attached hydrogen (secondary N) is 1. The Balaban J connectivity index is 2.64. The van der Waals surface area contributed by atoms with Gasteiger partial charge in [0.2, 0.25) is 5.91 Å². The van der Waals surface area contributed by atoms with Crippen molar-refractivity contribution in [1.29, 1.82) is 5.26 Å². The van der Waals surface area contributed by atoms with Crippen LogP contribution in [0.3, 0.4) is 0 Å². The first kappa shape index (κ1) is 16.3. The number of benzene rings is 1. The molecule has 0 spiro atoms. The van der Waals surface area contributed by atoms with E-state index in [4.69, 9.17) is 10.00 Å². The van der Waals surface area contributed by atoms with E-state index in [1.165, 1.54) is 0 Å². The average molecular weight is 340 g/mol. The van der Waals surface area contributed by atoms with Gasteiger partial charge in [-0.1, -0.05) is 15.9 Å². The average Bonchev–Trinajstić information content (AvgIpc) is 2.46. The lowest BCUT2D eigenvalue weighted by Crippen LogP contribution is -2.36. The second kappa shape index (κ2) is 8.43. The molecule has 0 bridgehead atoms. The minimum absolute atomic E-state index is 0.0372. The van der Waals surface area contributed by atoms with E-state index in [2.05, 4.69) is 21.2 Å². The molecule has 1 rings (SSSR count). The molecule has 0 atom stereocenters. The van der Waals surface area contributed by atoms with Gasteiger partial charge in [-0.2, -0.15) is 5.26 Å². The van der Waals surface area contributed by atoms with Gasteiger partial charge in [0.15, 0.2) is 0 Å². The molecule has 0 radical (unpaired) electrons. The highest BCUT2D eigenvalue weighted by Crippen LogP contribution is 2.27. The summed E-state index contributed by atoms with van der Waals surface area (Å²) in [6.45, 7) is 3.13. The van der Waals surface area contributed by atoms with Gasteiger partial charge in [0.1, 0.15) is 5.75 Å². The molecule has 0 aliphatic rings. The number of carbonyl (C=O) groups is 1.